The summed E-state index contributed by atoms with van der Waals surface area (Å²) in [5.74, 6) is 0.205. The predicted octanol–water partition coefficient (Wildman–Crippen LogP) is 5.58. The number of benzene rings is 2. The van der Waals surface area contributed by atoms with Crippen LogP contribution >= 0.6 is 0 Å². The van der Waals surface area contributed by atoms with Gasteiger partial charge in [-0.25, -0.2) is 4.98 Å². The Morgan fingerprint density at radius 2 is 1.70 bits per heavy atom. The standard InChI is InChI=1S/C24H21F3N4O2/c1-30(2)23(32)16-6-4-15(5-7-16)21-14-19-20(31(21)3)12-13-28-22(19)29-17-8-10-18(11-9-17)33-24(25,26)27/h4-14H,1-3H3,(H,28,29). The maximum absolute atomic E-state index is 12.4. The molecule has 6 nitrogen and oxygen atoms in total. The summed E-state index contributed by atoms with van der Waals surface area (Å²) in [7, 11) is 5.35. The van der Waals surface area contributed by atoms with Gasteiger partial charge < -0.3 is 19.5 Å². The molecule has 4 aromatic rings. The Balaban J connectivity index is 1.63. The van der Waals surface area contributed by atoms with Gasteiger partial charge in [-0.15, -0.1) is 13.2 Å². The largest absolute Gasteiger partial charge is 0.573 e. The maximum Gasteiger partial charge on any atom is 0.573 e. The van der Waals surface area contributed by atoms with Crippen LogP contribution in [-0.4, -0.2) is 40.8 Å². The van der Waals surface area contributed by atoms with Gasteiger partial charge in [-0.05, 0) is 54.1 Å². The van der Waals surface area contributed by atoms with Gasteiger partial charge in [0.2, 0.25) is 0 Å². The molecular formula is C24H21F3N4O2. The second-order valence-electron chi connectivity index (χ2n) is 7.66. The quantitative estimate of drug-likeness (QED) is 0.428. The molecule has 0 atom stereocenters. The van der Waals surface area contributed by atoms with Gasteiger partial charge in [0.05, 0.1) is 5.52 Å². The first kappa shape index (κ1) is 22.2. The number of ether oxygens (including phenoxy) is 1. The fourth-order valence-corrected chi connectivity index (χ4v) is 3.56. The monoisotopic (exact) mass is 454 g/mol. The normalized spacial score (nSPS) is 11.5. The van der Waals surface area contributed by atoms with Gasteiger partial charge in [0.15, 0.2) is 0 Å². The molecule has 1 amide bonds. The van der Waals surface area contributed by atoms with Gasteiger partial charge in [0.25, 0.3) is 5.91 Å². The molecule has 2 aromatic carbocycles. The summed E-state index contributed by atoms with van der Waals surface area (Å²) < 4.78 is 43.0. The number of hydrogen-bond donors (Lipinski definition) is 1. The van der Waals surface area contributed by atoms with E-state index in [1.54, 1.807) is 32.4 Å². The van der Waals surface area contributed by atoms with Crippen LogP contribution in [0.25, 0.3) is 22.2 Å². The van der Waals surface area contributed by atoms with E-state index in [0.717, 1.165) is 22.2 Å². The molecule has 33 heavy (non-hydrogen) atoms. The minimum atomic E-state index is -4.74. The highest BCUT2D eigenvalue weighted by molar-refractivity contribution is 5.97. The molecule has 0 fully saturated rings. The van der Waals surface area contributed by atoms with E-state index in [-0.39, 0.29) is 11.7 Å². The molecule has 4 rings (SSSR count). The van der Waals surface area contributed by atoms with Crippen LogP contribution in [0.5, 0.6) is 5.75 Å². The number of nitrogens with one attached hydrogen (secondary N) is 1. The molecule has 0 spiro atoms. The first-order valence-corrected chi connectivity index (χ1v) is 10.0. The number of aryl methyl sites for hydroxylation is 1. The van der Waals surface area contributed by atoms with Crippen molar-refractivity contribution >= 4 is 28.3 Å². The Kier molecular flexibility index (Phi) is 5.71. The van der Waals surface area contributed by atoms with Crippen molar-refractivity contribution in [3.05, 3.63) is 72.4 Å². The second kappa shape index (κ2) is 8.50. The Hall–Kier alpha value is -4.01. The molecule has 0 aliphatic rings. The highest BCUT2D eigenvalue weighted by Gasteiger charge is 2.31. The minimum absolute atomic E-state index is 0.0686. The average Bonchev–Trinajstić information content (AvgIpc) is 3.11. The topological polar surface area (TPSA) is 59.4 Å². The van der Waals surface area contributed by atoms with E-state index in [2.05, 4.69) is 15.0 Å². The number of fused-ring (bicyclic) bond motifs is 1. The molecule has 0 radical (unpaired) electrons. The van der Waals surface area contributed by atoms with E-state index in [1.165, 1.54) is 29.2 Å². The Morgan fingerprint density at radius 1 is 1.03 bits per heavy atom. The second-order valence-corrected chi connectivity index (χ2v) is 7.66. The number of carbonyl (C=O) groups excluding carboxylic acids is 1. The molecule has 2 heterocycles. The number of nitrogens with zero attached hydrogens (tertiary/aromatic N) is 3. The summed E-state index contributed by atoms with van der Waals surface area (Å²) in [5, 5.41) is 4.00. The zero-order valence-corrected chi connectivity index (χ0v) is 18.1. The minimum Gasteiger partial charge on any atom is -0.406 e. The third-order valence-electron chi connectivity index (χ3n) is 5.16. The van der Waals surface area contributed by atoms with Crippen LogP contribution in [0.3, 0.4) is 0 Å². The smallest absolute Gasteiger partial charge is 0.406 e. The Labute approximate surface area is 188 Å². The fraction of sp³-hybridized carbons (Fsp3) is 0.167. The number of carbonyl (C=O) groups is 1. The van der Waals surface area contributed by atoms with E-state index in [1.807, 2.05) is 35.9 Å². The number of rotatable bonds is 5. The number of amides is 1. The molecule has 1 N–H and O–H groups in total. The summed E-state index contributed by atoms with van der Waals surface area (Å²) in [4.78, 5) is 18.1. The molecule has 9 heteroatoms. The number of anilines is 2. The van der Waals surface area contributed by atoms with E-state index < -0.39 is 6.36 Å². The zero-order chi connectivity index (χ0) is 23.8. The number of halogens is 3. The highest BCUT2D eigenvalue weighted by Crippen LogP contribution is 2.32. The van der Waals surface area contributed by atoms with E-state index in [9.17, 15) is 18.0 Å². The van der Waals surface area contributed by atoms with Crippen molar-refractivity contribution in [2.45, 2.75) is 6.36 Å². The molecule has 0 bridgehead atoms. The number of aromatic nitrogens is 2. The molecule has 170 valence electrons. The summed E-state index contributed by atoms with van der Waals surface area (Å²) in [5.41, 5.74) is 3.96. The number of alkyl halides is 3. The summed E-state index contributed by atoms with van der Waals surface area (Å²) >= 11 is 0. The summed E-state index contributed by atoms with van der Waals surface area (Å²) in [6, 6.07) is 16.7. The lowest BCUT2D eigenvalue weighted by atomic mass is 10.1. The van der Waals surface area contributed by atoms with Crippen molar-refractivity contribution in [1.82, 2.24) is 14.5 Å². The van der Waals surface area contributed by atoms with Crippen LogP contribution in [0, 0.1) is 0 Å². The first-order chi connectivity index (χ1) is 15.6. The lowest BCUT2D eigenvalue weighted by Gasteiger charge is -2.11. The lowest BCUT2D eigenvalue weighted by molar-refractivity contribution is -0.274. The van der Waals surface area contributed by atoms with Crippen molar-refractivity contribution < 1.29 is 22.7 Å². The third kappa shape index (κ3) is 4.77. The molecule has 0 saturated heterocycles. The van der Waals surface area contributed by atoms with Crippen LogP contribution in [0.15, 0.2) is 66.9 Å². The zero-order valence-electron chi connectivity index (χ0n) is 18.1. The average molecular weight is 454 g/mol. The van der Waals surface area contributed by atoms with Crippen molar-refractivity contribution in [2.24, 2.45) is 7.05 Å². The lowest BCUT2D eigenvalue weighted by Crippen LogP contribution is -2.21. The molecule has 2 aromatic heterocycles. The summed E-state index contributed by atoms with van der Waals surface area (Å²) in [6.07, 6.45) is -3.07. The van der Waals surface area contributed by atoms with Gasteiger partial charge >= 0.3 is 6.36 Å². The predicted molar refractivity (Wildman–Crippen MR) is 121 cm³/mol. The van der Waals surface area contributed by atoms with Gasteiger partial charge in [0, 0.05) is 49.7 Å². The van der Waals surface area contributed by atoms with Crippen molar-refractivity contribution in [2.75, 3.05) is 19.4 Å². The first-order valence-electron chi connectivity index (χ1n) is 10.0. The van der Waals surface area contributed by atoms with Crippen LogP contribution in [-0.2, 0) is 7.05 Å². The van der Waals surface area contributed by atoms with E-state index in [0.29, 0.717) is 17.1 Å². The number of pyridine rings is 1. The third-order valence-corrected chi connectivity index (χ3v) is 5.16. The van der Waals surface area contributed by atoms with Crippen LogP contribution in [0.2, 0.25) is 0 Å². The number of hydrogen-bond acceptors (Lipinski definition) is 4. The Bertz CT molecular complexity index is 1290. The Morgan fingerprint density at radius 3 is 2.30 bits per heavy atom. The van der Waals surface area contributed by atoms with Crippen LogP contribution in [0.4, 0.5) is 24.7 Å². The molecule has 0 aliphatic heterocycles. The van der Waals surface area contributed by atoms with Crippen molar-refractivity contribution in [1.29, 1.82) is 0 Å². The van der Waals surface area contributed by atoms with Gasteiger partial charge in [-0.2, -0.15) is 0 Å². The van der Waals surface area contributed by atoms with Gasteiger partial charge in [-0.1, -0.05) is 12.1 Å². The SMILES string of the molecule is CN(C)C(=O)c1ccc(-c2cc3c(Nc4ccc(OC(F)(F)F)cc4)nccc3n2C)cc1. The van der Waals surface area contributed by atoms with Crippen LogP contribution < -0.4 is 10.1 Å². The van der Waals surface area contributed by atoms with E-state index >= 15 is 0 Å². The maximum atomic E-state index is 12.4. The van der Waals surface area contributed by atoms with Crippen LogP contribution in [0.1, 0.15) is 10.4 Å². The molecule has 0 saturated carbocycles. The van der Waals surface area contributed by atoms with Crippen molar-refractivity contribution in [3.63, 3.8) is 0 Å². The molecule has 0 unspecified atom stereocenters. The van der Waals surface area contributed by atoms with E-state index in [4.69, 9.17) is 0 Å². The van der Waals surface area contributed by atoms with Gasteiger partial charge in [0.1, 0.15) is 11.6 Å². The van der Waals surface area contributed by atoms with Crippen molar-refractivity contribution in [3.8, 4) is 17.0 Å². The molecular weight excluding hydrogens is 433 g/mol. The van der Waals surface area contributed by atoms with Gasteiger partial charge in [-0.3, -0.25) is 4.79 Å². The fourth-order valence-electron chi connectivity index (χ4n) is 3.56. The molecule has 0 aliphatic carbocycles. The highest BCUT2D eigenvalue weighted by atomic mass is 19.4. The summed E-state index contributed by atoms with van der Waals surface area (Å²) in [6.45, 7) is 0.